The third kappa shape index (κ3) is 2.49. The van der Waals surface area contributed by atoms with Gasteiger partial charge >= 0.3 is 11.9 Å². The summed E-state index contributed by atoms with van der Waals surface area (Å²) >= 11 is 4.61. The molecule has 5 nitrogen and oxygen atoms in total. The number of carboxylic acid groups (broad SMARTS) is 2. The highest BCUT2D eigenvalue weighted by Gasteiger charge is 2.32. The van der Waals surface area contributed by atoms with Crippen LogP contribution in [0, 0.1) is 0 Å². The van der Waals surface area contributed by atoms with Gasteiger partial charge in [0, 0.05) is 6.42 Å². The van der Waals surface area contributed by atoms with Crippen molar-refractivity contribution in [2.45, 2.75) is 6.42 Å². The number of carboxylic acids is 2. The van der Waals surface area contributed by atoms with Crippen molar-refractivity contribution < 1.29 is 19.8 Å². The Hall–Kier alpha value is -3.51. The SMILES string of the molecule is O=C(O)c1cc2ccccc2c2c1N(S)c1c(C(=O)O)cc3ccccc3c1C2. The van der Waals surface area contributed by atoms with Gasteiger partial charge in [-0.1, -0.05) is 61.3 Å². The van der Waals surface area contributed by atoms with E-state index in [1.807, 2.05) is 48.5 Å². The maximum Gasteiger partial charge on any atom is 0.337 e. The normalized spacial score (nSPS) is 12.7. The molecule has 142 valence electrons. The van der Waals surface area contributed by atoms with Crippen LogP contribution in [-0.2, 0) is 6.42 Å². The Morgan fingerprint density at radius 3 is 1.59 bits per heavy atom. The van der Waals surface area contributed by atoms with E-state index in [4.69, 9.17) is 0 Å². The molecule has 0 atom stereocenters. The summed E-state index contributed by atoms with van der Waals surface area (Å²) in [4.78, 5) is 24.1. The molecule has 0 saturated carbocycles. The Kier molecular flexibility index (Phi) is 3.79. The summed E-state index contributed by atoms with van der Waals surface area (Å²) in [6, 6.07) is 18.5. The quantitative estimate of drug-likeness (QED) is 0.399. The number of nitrogens with zero attached hydrogens (tertiary/aromatic N) is 1. The number of aromatic carboxylic acids is 2. The monoisotopic (exact) mass is 401 g/mol. The van der Waals surface area contributed by atoms with E-state index in [2.05, 4.69) is 12.8 Å². The third-order valence-corrected chi connectivity index (χ3v) is 5.89. The van der Waals surface area contributed by atoms with E-state index in [0.29, 0.717) is 17.8 Å². The number of hydrogen-bond acceptors (Lipinski definition) is 4. The molecule has 0 aromatic heterocycles. The summed E-state index contributed by atoms with van der Waals surface area (Å²) in [6.45, 7) is 0. The zero-order valence-electron chi connectivity index (χ0n) is 15.1. The molecule has 5 rings (SSSR count). The lowest BCUT2D eigenvalue weighted by molar-refractivity contribution is 0.0688. The average molecular weight is 401 g/mol. The smallest absolute Gasteiger partial charge is 0.337 e. The van der Waals surface area contributed by atoms with Gasteiger partial charge < -0.3 is 10.2 Å². The lowest BCUT2D eigenvalue weighted by atomic mass is 9.86. The van der Waals surface area contributed by atoms with E-state index in [1.165, 1.54) is 4.31 Å². The van der Waals surface area contributed by atoms with Crippen LogP contribution < -0.4 is 4.31 Å². The van der Waals surface area contributed by atoms with Crippen LogP contribution in [0.5, 0.6) is 0 Å². The van der Waals surface area contributed by atoms with Gasteiger partial charge in [-0.05, 0) is 44.8 Å². The highest BCUT2D eigenvalue weighted by molar-refractivity contribution is 7.82. The predicted octanol–water partition coefficient (Wildman–Crippen LogP) is 5.28. The first-order chi connectivity index (χ1) is 14.0. The maximum atomic E-state index is 12.0. The third-order valence-electron chi connectivity index (χ3n) is 5.49. The van der Waals surface area contributed by atoms with Crippen molar-refractivity contribution in [1.29, 1.82) is 0 Å². The second-order valence-electron chi connectivity index (χ2n) is 7.04. The zero-order chi connectivity index (χ0) is 20.3. The van der Waals surface area contributed by atoms with Gasteiger partial charge in [-0.25, -0.2) is 9.59 Å². The van der Waals surface area contributed by atoms with Gasteiger partial charge in [-0.15, -0.1) is 0 Å². The van der Waals surface area contributed by atoms with Crippen molar-refractivity contribution in [3.8, 4) is 0 Å². The first kappa shape index (κ1) is 17.6. The second kappa shape index (κ2) is 6.25. The first-order valence-corrected chi connectivity index (χ1v) is 9.42. The van der Waals surface area contributed by atoms with Gasteiger partial charge in [-0.3, -0.25) is 4.31 Å². The fourth-order valence-electron chi connectivity index (χ4n) is 4.28. The van der Waals surface area contributed by atoms with Gasteiger partial charge in [0.1, 0.15) is 0 Å². The summed E-state index contributed by atoms with van der Waals surface area (Å²) in [6.07, 6.45) is 0.422. The summed E-state index contributed by atoms with van der Waals surface area (Å²) in [7, 11) is 0. The van der Waals surface area contributed by atoms with E-state index in [-0.39, 0.29) is 11.1 Å². The molecule has 0 bridgehead atoms. The molecule has 29 heavy (non-hydrogen) atoms. The van der Waals surface area contributed by atoms with Crippen LogP contribution in [0.2, 0.25) is 0 Å². The summed E-state index contributed by atoms with van der Waals surface area (Å²) in [5.74, 6) is -2.15. The molecule has 6 heteroatoms. The van der Waals surface area contributed by atoms with Crippen LogP contribution in [0.4, 0.5) is 11.4 Å². The molecule has 1 aliphatic rings. The summed E-state index contributed by atoms with van der Waals surface area (Å²) < 4.78 is 1.43. The molecule has 4 aromatic carbocycles. The van der Waals surface area contributed by atoms with Crippen LogP contribution in [0.15, 0.2) is 60.7 Å². The lowest BCUT2D eigenvalue weighted by Crippen LogP contribution is -2.21. The minimum Gasteiger partial charge on any atom is -0.478 e. The molecule has 0 radical (unpaired) electrons. The number of carbonyl (C=O) groups is 2. The van der Waals surface area contributed by atoms with E-state index >= 15 is 0 Å². The number of rotatable bonds is 2. The van der Waals surface area contributed by atoms with Crippen molar-refractivity contribution in [1.82, 2.24) is 0 Å². The maximum absolute atomic E-state index is 12.0. The molecule has 1 aliphatic heterocycles. The Bertz CT molecular complexity index is 1260. The lowest BCUT2D eigenvalue weighted by Gasteiger charge is -2.33. The minimum absolute atomic E-state index is 0.101. The summed E-state index contributed by atoms with van der Waals surface area (Å²) in [5.41, 5.74) is 2.70. The molecule has 0 fully saturated rings. The van der Waals surface area contributed by atoms with Gasteiger partial charge in [0.25, 0.3) is 0 Å². The molecular weight excluding hydrogens is 386 g/mol. The molecule has 0 amide bonds. The van der Waals surface area contributed by atoms with E-state index in [9.17, 15) is 19.8 Å². The van der Waals surface area contributed by atoms with Crippen molar-refractivity contribution in [2.75, 3.05) is 4.31 Å². The van der Waals surface area contributed by atoms with Crippen LogP contribution in [0.25, 0.3) is 21.5 Å². The van der Waals surface area contributed by atoms with Crippen molar-refractivity contribution in [2.24, 2.45) is 0 Å². The number of fused-ring (bicyclic) bond motifs is 6. The van der Waals surface area contributed by atoms with E-state index in [0.717, 1.165) is 32.7 Å². The second-order valence-corrected chi connectivity index (χ2v) is 7.44. The standard InChI is InChI=1S/C23H15NO4S/c25-22(26)18-9-12-5-1-3-7-14(12)16-11-17-15-8-4-2-6-13(15)10-19(23(27)28)21(17)24(29)20(16)18/h1-10,29H,11H2,(H,25,26)(H,27,28). The molecule has 0 spiro atoms. The fraction of sp³-hybridized carbons (Fsp3) is 0.0435. The molecule has 0 unspecified atom stereocenters. The highest BCUT2D eigenvalue weighted by Crippen LogP contribution is 2.48. The molecule has 0 saturated heterocycles. The summed E-state index contributed by atoms with van der Waals surface area (Å²) in [5, 5.41) is 23.2. The van der Waals surface area contributed by atoms with Crippen LogP contribution in [0.3, 0.4) is 0 Å². The minimum atomic E-state index is -1.08. The van der Waals surface area contributed by atoms with Crippen LogP contribution in [0.1, 0.15) is 31.8 Å². The van der Waals surface area contributed by atoms with E-state index < -0.39 is 11.9 Å². The van der Waals surface area contributed by atoms with Crippen molar-refractivity contribution in [3.05, 3.63) is 82.9 Å². The Labute approximate surface area is 171 Å². The number of anilines is 2. The van der Waals surface area contributed by atoms with Crippen molar-refractivity contribution >= 4 is 57.7 Å². The predicted molar refractivity (Wildman–Crippen MR) is 116 cm³/mol. The van der Waals surface area contributed by atoms with Gasteiger partial charge in [-0.2, -0.15) is 0 Å². The van der Waals surface area contributed by atoms with Crippen LogP contribution >= 0.6 is 12.8 Å². The number of benzene rings is 4. The van der Waals surface area contributed by atoms with Gasteiger partial charge in [0.15, 0.2) is 0 Å². The molecule has 0 aliphatic carbocycles. The van der Waals surface area contributed by atoms with Crippen molar-refractivity contribution in [3.63, 3.8) is 0 Å². The number of thiol groups is 1. The zero-order valence-corrected chi connectivity index (χ0v) is 16.0. The Morgan fingerprint density at radius 1 is 0.759 bits per heavy atom. The fourth-order valence-corrected chi connectivity index (χ4v) is 4.74. The first-order valence-electron chi connectivity index (χ1n) is 9.02. The van der Waals surface area contributed by atoms with Gasteiger partial charge in [0.2, 0.25) is 0 Å². The largest absolute Gasteiger partial charge is 0.478 e. The van der Waals surface area contributed by atoms with Crippen LogP contribution in [-0.4, -0.2) is 22.2 Å². The molecule has 1 heterocycles. The Morgan fingerprint density at radius 2 is 1.17 bits per heavy atom. The molecule has 4 aromatic rings. The van der Waals surface area contributed by atoms with E-state index in [1.54, 1.807) is 12.1 Å². The number of hydrogen-bond donors (Lipinski definition) is 3. The Balaban J connectivity index is 1.93. The molecular formula is C23H15NO4S. The van der Waals surface area contributed by atoms with Gasteiger partial charge in [0.05, 0.1) is 22.5 Å². The average Bonchev–Trinajstić information content (AvgIpc) is 2.72. The molecule has 2 N–H and O–H groups in total. The topological polar surface area (TPSA) is 77.8 Å². The highest BCUT2D eigenvalue weighted by atomic mass is 32.1.